The van der Waals surface area contributed by atoms with E-state index < -0.39 is 0 Å². The van der Waals surface area contributed by atoms with Crippen LogP contribution in [-0.2, 0) is 11.2 Å². The molecular weight excluding hydrogens is 210 g/mol. The second-order valence-electron chi connectivity index (χ2n) is 4.92. The monoisotopic (exact) mass is 227 g/mol. The van der Waals surface area contributed by atoms with Crippen LogP contribution in [0.1, 0.15) is 24.0 Å². The molecule has 0 radical (unpaired) electrons. The number of carbonyl (C=O) groups is 1. The predicted octanol–water partition coefficient (Wildman–Crippen LogP) is 2.19. The molecule has 17 heavy (non-hydrogen) atoms. The van der Waals surface area contributed by atoms with Crippen molar-refractivity contribution in [3.05, 3.63) is 41.0 Å². The Morgan fingerprint density at radius 1 is 1.12 bits per heavy atom. The van der Waals surface area contributed by atoms with E-state index >= 15 is 0 Å². The molecule has 0 bridgehead atoms. The van der Waals surface area contributed by atoms with Crippen LogP contribution in [0, 0.1) is 5.92 Å². The number of benzene rings is 1. The van der Waals surface area contributed by atoms with Crippen molar-refractivity contribution < 1.29 is 4.79 Å². The van der Waals surface area contributed by atoms with Gasteiger partial charge in [-0.15, -0.1) is 0 Å². The summed E-state index contributed by atoms with van der Waals surface area (Å²) in [6, 6.07) is 8.23. The molecule has 0 atom stereocenters. The number of rotatable bonds is 1. The van der Waals surface area contributed by atoms with Crippen LogP contribution in [0.4, 0.5) is 0 Å². The van der Waals surface area contributed by atoms with Gasteiger partial charge in [0.25, 0.3) is 0 Å². The number of ketones is 1. The minimum absolute atomic E-state index is 0.329. The molecular formula is C15H17NO. The van der Waals surface area contributed by atoms with Gasteiger partial charge >= 0.3 is 0 Å². The Morgan fingerprint density at radius 2 is 1.88 bits per heavy atom. The number of Topliss-reactive ketones (excluding diaryl/α,β-unsaturated/α-hetero) is 1. The van der Waals surface area contributed by atoms with Crippen molar-refractivity contribution in [1.82, 2.24) is 5.32 Å². The Bertz CT molecular complexity index is 470. The van der Waals surface area contributed by atoms with Crippen LogP contribution >= 0.6 is 0 Å². The maximum atomic E-state index is 12.2. The SMILES string of the molecule is O=C1Cc2ccccc2C=C1C1CCNCC1. The lowest BCUT2D eigenvalue weighted by Crippen LogP contribution is -2.31. The Labute approximate surface area is 102 Å². The topological polar surface area (TPSA) is 29.1 Å². The Hall–Kier alpha value is -1.41. The van der Waals surface area contributed by atoms with Gasteiger partial charge in [-0.05, 0) is 54.6 Å². The van der Waals surface area contributed by atoms with Gasteiger partial charge in [0.05, 0.1) is 0 Å². The van der Waals surface area contributed by atoms with Crippen molar-refractivity contribution in [2.45, 2.75) is 19.3 Å². The molecule has 88 valence electrons. The number of nitrogens with one attached hydrogen (secondary N) is 1. The summed E-state index contributed by atoms with van der Waals surface area (Å²) in [5, 5.41) is 3.35. The van der Waals surface area contributed by atoms with Gasteiger partial charge in [-0.3, -0.25) is 4.79 Å². The third-order valence-electron chi connectivity index (χ3n) is 3.82. The van der Waals surface area contributed by atoms with E-state index in [2.05, 4.69) is 23.5 Å². The minimum atomic E-state index is 0.329. The van der Waals surface area contributed by atoms with Gasteiger partial charge in [0.1, 0.15) is 0 Å². The molecule has 1 N–H and O–H groups in total. The van der Waals surface area contributed by atoms with Crippen molar-refractivity contribution in [3.8, 4) is 0 Å². The van der Waals surface area contributed by atoms with Crippen LogP contribution in [-0.4, -0.2) is 18.9 Å². The summed E-state index contributed by atoms with van der Waals surface area (Å²) >= 11 is 0. The molecule has 0 unspecified atom stereocenters. The summed E-state index contributed by atoms with van der Waals surface area (Å²) in [4.78, 5) is 12.2. The highest BCUT2D eigenvalue weighted by atomic mass is 16.1. The van der Waals surface area contributed by atoms with E-state index in [1.165, 1.54) is 11.1 Å². The number of hydrogen-bond donors (Lipinski definition) is 1. The fraction of sp³-hybridized carbons (Fsp3) is 0.400. The molecule has 0 spiro atoms. The van der Waals surface area contributed by atoms with Crippen molar-refractivity contribution in [2.24, 2.45) is 5.92 Å². The summed E-state index contributed by atoms with van der Waals surface area (Å²) in [6.45, 7) is 2.08. The van der Waals surface area contributed by atoms with E-state index in [4.69, 9.17) is 0 Å². The number of piperidine rings is 1. The van der Waals surface area contributed by atoms with Crippen LogP contribution in [0.5, 0.6) is 0 Å². The fourth-order valence-electron chi connectivity index (χ4n) is 2.84. The molecule has 0 saturated carbocycles. The average molecular weight is 227 g/mol. The number of fused-ring (bicyclic) bond motifs is 1. The Balaban J connectivity index is 1.94. The van der Waals surface area contributed by atoms with Gasteiger partial charge in [0.2, 0.25) is 0 Å². The van der Waals surface area contributed by atoms with Crippen molar-refractivity contribution >= 4 is 11.9 Å². The predicted molar refractivity (Wildman–Crippen MR) is 68.7 cm³/mol. The molecule has 2 aliphatic rings. The highest BCUT2D eigenvalue weighted by Gasteiger charge is 2.26. The zero-order valence-electron chi connectivity index (χ0n) is 9.91. The summed E-state index contributed by atoms with van der Waals surface area (Å²) in [7, 11) is 0. The van der Waals surface area contributed by atoms with E-state index in [-0.39, 0.29) is 0 Å². The third kappa shape index (κ3) is 2.05. The lowest BCUT2D eigenvalue weighted by Gasteiger charge is -2.27. The van der Waals surface area contributed by atoms with E-state index in [0.717, 1.165) is 31.5 Å². The van der Waals surface area contributed by atoms with Crippen LogP contribution in [0.2, 0.25) is 0 Å². The maximum absolute atomic E-state index is 12.2. The molecule has 1 aromatic rings. The first-order valence-electron chi connectivity index (χ1n) is 6.38. The van der Waals surface area contributed by atoms with E-state index in [1.54, 1.807) is 0 Å². The third-order valence-corrected chi connectivity index (χ3v) is 3.82. The second kappa shape index (κ2) is 4.46. The zero-order chi connectivity index (χ0) is 11.7. The summed E-state index contributed by atoms with van der Waals surface area (Å²) in [5.74, 6) is 0.799. The molecule has 0 amide bonds. The molecule has 1 fully saturated rings. The molecule has 2 nitrogen and oxygen atoms in total. The molecule has 2 heteroatoms. The number of carbonyl (C=O) groups excluding carboxylic acids is 1. The van der Waals surface area contributed by atoms with Crippen molar-refractivity contribution in [1.29, 1.82) is 0 Å². The Morgan fingerprint density at radius 3 is 2.71 bits per heavy atom. The standard InChI is InChI=1S/C15H17NO/c17-15-10-13-4-2-1-3-12(13)9-14(15)11-5-7-16-8-6-11/h1-4,9,11,16H,5-8,10H2. The quantitative estimate of drug-likeness (QED) is 0.797. The molecule has 1 saturated heterocycles. The number of hydrogen-bond acceptors (Lipinski definition) is 2. The normalized spacial score (nSPS) is 20.9. The minimum Gasteiger partial charge on any atom is -0.317 e. The van der Waals surface area contributed by atoms with Crippen LogP contribution in [0.25, 0.3) is 6.08 Å². The smallest absolute Gasteiger partial charge is 0.163 e. The fourth-order valence-corrected chi connectivity index (χ4v) is 2.84. The summed E-state index contributed by atoms with van der Waals surface area (Å²) in [5.41, 5.74) is 3.47. The highest BCUT2D eigenvalue weighted by molar-refractivity contribution is 6.04. The first-order chi connectivity index (χ1) is 8.34. The maximum Gasteiger partial charge on any atom is 0.163 e. The van der Waals surface area contributed by atoms with Gasteiger partial charge in [-0.25, -0.2) is 0 Å². The van der Waals surface area contributed by atoms with E-state index in [1.807, 2.05) is 12.1 Å². The van der Waals surface area contributed by atoms with Crippen LogP contribution in [0.3, 0.4) is 0 Å². The van der Waals surface area contributed by atoms with Gasteiger partial charge in [0, 0.05) is 6.42 Å². The average Bonchev–Trinajstić information content (AvgIpc) is 2.39. The van der Waals surface area contributed by atoms with Crippen LogP contribution < -0.4 is 5.32 Å². The van der Waals surface area contributed by atoms with E-state index in [0.29, 0.717) is 18.1 Å². The highest BCUT2D eigenvalue weighted by Crippen LogP contribution is 2.30. The largest absolute Gasteiger partial charge is 0.317 e. The lowest BCUT2D eigenvalue weighted by molar-refractivity contribution is -0.115. The number of allylic oxidation sites excluding steroid dienone is 1. The van der Waals surface area contributed by atoms with Gasteiger partial charge in [0.15, 0.2) is 5.78 Å². The molecule has 0 aromatic heterocycles. The Kier molecular flexibility index (Phi) is 2.81. The van der Waals surface area contributed by atoms with Gasteiger partial charge in [-0.2, -0.15) is 0 Å². The van der Waals surface area contributed by atoms with Gasteiger partial charge in [-0.1, -0.05) is 24.3 Å². The van der Waals surface area contributed by atoms with Crippen molar-refractivity contribution in [3.63, 3.8) is 0 Å². The summed E-state index contributed by atoms with van der Waals surface area (Å²) in [6.07, 6.45) is 4.91. The zero-order valence-corrected chi connectivity index (χ0v) is 9.91. The molecule has 3 rings (SSSR count). The van der Waals surface area contributed by atoms with Gasteiger partial charge < -0.3 is 5.32 Å². The van der Waals surface area contributed by atoms with E-state index in [9.17, 15) is 4.79 Å². The molecule has 1 heterocycles. The first-order valence-corrected chi connectivity index (χ1v) is 6.38. The van der Waals surface area contributed by atoms with Crippen LogP contribution in [0.15, 0.2) is 29.8 Å². The molecule has 1 aromatic carbocycles. The lowest BCUT2D eigenvalue weighted by atomic mass is 9.81. The summed E-state index contributed by atoms with van der Waals surface area (Å²) < 4.78 is 0. The first kappa shape index (κ1) is 10.7. The van der Waals surface area contributed by atoms with Crippen molar-refractivity contribution in [2.75, 3.05) is 13.1 Å². The second-order valence-corrected chi connectivity index (χ2v) is 4.92. The molecule has 1 aliphatic heterocycles. The molecule has 1 aliphatic carbocycles.